The lowest BCUT2D eigenvalue weighted by Crippen LogP contribution is -2.09. The van der Waals surface area contributed by atoms with E-state index in [1.54, 1.807) is 0 Å². The Labute approximate surface area is 115 Å². The highest BCUT2D eigenvalue weighted by atomic mass is 15.1. The number of rotatable bonds is 3. The summed E-state index contributed by atoms with van der Waals surface area (Å²) in [7, 11) is 0. The molecule has 3 heteroatoms. The highest BCUT2D eigenvalue weighted by Crippen LogP contribution is 2.30. The lowest BCUT2D eigenvalue weighted by atomic mass is 10.0. The van der Waals surface area contributed by atoms with E-state index in [-0.39, 0.29) is 0 Å². The number of anilines is 1. The Morgan fingerprint density at radius 2 is 1.89 bits per heavy atom. The van der Waals surface area contributed by atoms with Crippen LogP contribution in [0.5, 0.6) is 0 Å². The fourth-order valence-electron chi connectivity index (χ4n) is 2.37. The van der Waals surface area contributed by atoms with E-state index in [0.717, 1.165) is 29.4 Å². The van der Waals surface area contributed by atoms with Gasteiger partial charge < -0.3 is 10.3 Å². The minimum absolute atomic E-state index is 0.557. The summed E-state index contributed by atoms with van der Waals surface area (Å²) in [5, 5.41) is 0. The van der Waals surface area contributed by atoms with Crippen molar-refractivity contribution in [3.63, 3.8) is 0 Å². The third kappa shape index (κ3) is 2.65. The Balaban J connectivity index is 2.54. The molecule has 2 N–H and O–H groups in total. The van der Waals surface area contributed by atoms with Crippen LogP contribution in [0.4, 0.5) is 5.82 Å². The van der Waals surface area contributed by atoms with Crippen LogP contribution >= 0.6 is 0 Å². The van der Waals surface area contributed by atoms with Crippen molar-refractivity contribution in [2.45, 2.75) is 41.2 Å². The Morgan fingerprint density at radius 3 is 2.53 bits per heavy atom. The van der Waals surface area contributed by atoms with Gasteiger partial charge in [0.05, 0.1) is 0 Å². The quantitative estimate of drug-likeness (QED) is 0.910. The van der Waals surface area contributed by atoms with Gasteiger partial charge in [-0.2, -0.15) is 0 Å². The Hall–Kier alpha value is -1.77. The number of hydrogen-bond acceptors (Lipinski definition) is 2. The molecule has 1 aromatic heterocycles. The van der Waals surface area contributed by atoms with Crippen molar-refractivity contribution in [3.8, 4) is 11.3 Å². The van der Waals surface area contributed by atoms with E-state index in [0.29, 0.717) is 5.92 Å². The molecule has 0 aliphatic rings. The summed E-state index contributed by atoms with van der Waals surface area (Å²) in [5.41, 5.74) is 10.8. The molecule has 0 unspecified atom stereocenters. The zero-order valence-electron chi connectivity index (χ0n) is 12.5. The van der Waals surface area contributed by atoms with E-state index in [4.69, 9.17) is 5.73 Å². The summed E-state index contributed by atoms with van der Waals surface area (Å²) in [6.07, 6.45) is 0. The second-order valence-corrected chi connectivity index (χ2v) is 5.72. The molecule has 0 amide bonds. The molecule has 0 fully saturated rings. The van der Waals surface area contributed by atoms with E-state index in [9.17, 15) is 0 Å². The van der Waals surface area contributed by atoms with Gasteiger partial charge in [0.2, 0.25) is 0 Å². The summed E-state index contributed by atoms with van der Waals surface area (Å²) in [6, 6.07) is 6.40. The van der Waals surface area contributed by atoms with Crippen LogP contribution in [0.2, 0.25) is 0 Å². The summed E-state index contributed by atoms with van der Waals surface area (Å²) < 4.78 is 2.11. The van der Waals surface area contributed by atoms with E-state index in [1.807, 2.05) is 6.92 Å². The molecular weight excluding hydrogens is 234 g/mol. The lowest BCUT2D eigenvalue weighted by Gasteiger charge is -2.11. The van der Waals surface area contributed by atoms with Gasteiger partial charge in [-0.15, -0.1) is 0 Å². The van der Waals surface area contributed by atoms with Gasteiger partial charge >= 0.3 is 0 Å². The lowest BCUT2D eigenvalue weighted by molar-refractivity contribution is 0.518. The fourth-order valence-corrected chi connectivity index (χ4v) is 2.37. The van der Waals surface area contributed by atoms with Gasteiger partial charge in [-0.25, -0.2) is 4.98 Å². The maximum Gasteiger partial charge on any atom is 0.131 e. The van der Waals surface area contributed by atoms with Crippen LogP contribution < -0.4 is 5.73 Å². The molecule has 0 aliphatic heterocycles. The molecular formula is C16H23N3. The first kappa shape index (κ1) is 13.7. The summed E-state index contributed by atoms with van der Waals surface area (Å²) >= 11 is 0. The maximum atomic E-state index is 6.30. The number of aryl methyl sites for hydroxylation is 3. The minimum atomic E-state index is 0.557. The van der Waals surface area contributed by atoms with Gasteiger partial charge in [0.25, 0.3) is 0 Å². The van der Waals surface area contributed by atoms with Crippen LogP contribution in [0.1, 0.15) is 30.8 Å². The van der Waals surface area contributed by atoms with Crippen LogP contribution in [-0.2, 0) is 6.54 Å². The first-order chi connectivity index (χ1) is 8.90. The van der Waals surface area contributed by atoms with Gasteiger partial charge in [-0.3, -0.25) is 0 Å². The third-order valence-electron chi connectivity index (χ3n) is 3.39. The number of hydrogen-bond donors (Lipinski definition) is 1. The van der Waals surface area contributed by atoms with Crippen LogP contribution in [-0.4, -0.2) is 9.55 Å². The average Bonchev–Trinajstić information content (AvgIpc) is 2.60. The van der Waals surface area contributed by atoms with E-state index < -0.39 is 0 Å². The van der Waals surface area contributed by atoms with Crippen molar-refractivity contribution in [3.05, 3.63) is 35.2 Å². The minimum Gasteiger partial charge on any atom is -0.383 e. The SMILES string of the molecule is Cc1ccc(C)c(-c2nc(C)n(CC(C)C)c2N)c1. The molecule has 0 spiro atoms. The van der Waals surface area contributed by atoms with Gasteiger partial charge in [-0.05, 0) is 38.3 Å². The molecule has 0 bridgehead atoms. The molecule has 2 rings (SSSR count). The molecule has 1 heterocycles. The zero-order chi connectivity index (χ0) is 14.2. The molecule has 0 saturated carbocycles. The summed E-state index contributed by atoms with van der Waals surface area (Å²) in [5.74, 6) is 2.32. The number of imidazole rings is 1. The molecule has 0 aliphatic carbocycles. The number of nitrogen functional groups attached to an aromatic ring is 1. The predicted molar refractivity (Wildman–Crippen MR) is 81.1 cm³/mol. The van der Waals surface area contributed by atoms with Crippen molar-refractivity contribution in [1.29, 1.82) is 0 Å². The van der Waals surface area contributed by atoms with Crippen LogP contribution in [0.15, 0.2) is 18.2 Å². The third-order valence-corrected chi connectivity index (χ3v) is 3.39. The molecule has 2 aromatic rings. The predicted octanol–water partition coefficient (Wildman–Crippen LogP) is 3.71. The highest BCUT2D eigenvalue weighted by Gasteiger charge is 2.15. The number of aromatic nitrogens is 2. The topological polar surface area (TPSA) is 43.8 Å². The smallest absolute Gasteiger partial charge is 0.131 e. The maximum absolute atomic E-state index is 6.30. The Kier molecular flexibility index (Phi) is 3.65. The molecule has 0 saturated heterocycles. The van der Waals surface area contributed by atoms with Crippen LogP contribution in [0, 0.1) is 26.7 Å². The molecule has 102 valence electrons. The fraction of sp³-hybridized carbons (Fsp3) is 0.438. The molecule has 0 atom stereocenters. The van der Waals surface area contributed by atoms with Crippen molar-refractivity contribution in [1.82, 2.24) is 9.55 Å². The van der Waals surface area contributed by atoms with E-state index in [2.05, 4.69) is 55.4 Å². The second kappa shape index (κ2) is 5.08. The van der Waals surface area contributed by atoms with Crippen molar-refractivity contribution in [2.24, 2.45) is 5.92 Å². The number of benzene rings is 1. The molecule has 0 radical (unpaired) electrons. The van der Waals surface area contributed by atoms with Crippen molar-refractivity contribution < 1.29 is 0 Å². The number of nitrogens with zero attached hydrogens (tertiary/aromatic N) is 2. The zero-order valence-corrected chi connectivity index (χ0v) is 12.5. The normalized spacial score (nSPS) is 11.3. The van der Waals surface area contributed by atoms with Crippen LogP contribution in [0.25, 0.3) is 11.3 Å². The molecule has 3 nitrogen and oxygen atoms in total. The van der Waals surface area contributed by atoms with Crippen LogP contribution in [0.3, 0.4) is 0 Å². The first-order valence-electron chi connectivity index (χ1n) is 6.80. The second-order valence-electron chi connectivity index (χ2n) is 5.72. The number of nitrogens with two attached hydrogens (primary N) is 1. The highest BCUT2D eigenvalue weighted by molar-refractivity contribution is 5.74. The van der Waals surface area contributed by atoms with E-state index >= 15 is 0 Å². The molecule has 1 aromatic carbocycles. The van der Waals surface area contributed by atoms with Gasteiger partial charge in [0.15, 0.2) is 0 Å². The first-order valence-corrected chi connectivity index (χ1v) is 6.80. The Morgan fingerprint density at radius 1 is 1.21 bits per heavy atom. The average molecular weight is 257 g/mol. The Bertz CT molecular complexity index is 594. The van der Waals surface area contributed by atoms with Gasteiger partial charge in [0, 0.05) is 12.1 Å². The van der Waals surface area contributed by atoms with Crippen molar-refractivity contribution >= 4 is 5.82 Å². The van der Waals surface area contributed by atoms with E-state index in [1.165, 1.54) is 11.1 Å². The summed E-state index contributed by atoms with van der Waals surface area (Å²) in [4.78, 5) is 4.67. The monoisotopic (exact) mass is 257 g/mol. The largest absolute Gasteiger partial charge is 0.383 e. The van der Waals surface area contributed by atoms with Crippen molar-refractivity contribution in [2.75, 3.05) is 5.73 Å². The summed E-state index contributed by atoms with van der Waals surface area (Å²) in [6.45, 7) is 11.5. The van der Waals surface area contributed by atoms with Gasteiger partial charge in [0.1, 0.15) is 17.3 Å². The van der Waals surface area contributed by atoms with Gasteiger partial charge in [-0.1, -0.05) is 31.5 Å². The standard InChI is InChI=1S/C16H23N3/c1-10(2)9-19-13(5)18-15(16(19)17)14-8-11(3)6-7-12(14)4/h6-8,10H,9,17H2,1-5H3. The molecule has 19 heavy (non-hydrogen) atoms.